The molecule has 0 saturated heterocycles. The van der Waals surface area contributed by atoms with Gasteiger partial charge in [-0.1, -0.05) is 111 Å². The molecule has 0 aliphatic rings. The molecule has 0 saturated carbocycles. The minimum atomic E-state index is -0.414. The predicted octanol–water partition coefficient (Wildman–Crippen LogP) is 12.0. The van der Waals surface area contributed by atoms with Crippen molar-refractivity contribution in [1.29, 1.82) is 0 Å². The molecule has 0 heterocycles. The van der Waals surface area contributed by atoms with Crippen LogP contribution in [0.25, 0.3) is 0 Å². The molecule has 2 N–H and O–H groups in total. The van der Waals surface area contributed by atoms with Gasteiger partial charge in [-0.15, -0.1) is 0 Å². The number of hydrogen-bond acceptors (Lipinski definition) is 8. The van der Waals surface area contributed by atoms with Gasteiger partial charge in [0.15, 0.2) is 0 Å². The van der Waals surface area contributed by atoms with Gasteiger partial charge < -0.3 is 34.3 Å². The molecular formula is C58H78N2O6. The first-order valence-corrected chi connectivity index (χ1v) is 24.4. The smallest absolute Gasteiger partial charge is 0.323 e. The summed E-state index contributed by atoms with van der Waals surface area (Å²) < 4.78 is 30.2. The molecule has 2 unspecified atom stereocenters. The Morgan fingerprint density at radius 2 is 1.14 bits per heavy atom. The number of nitrogens with one attached hydrogen (secondary N) is 2. The van der Waals surface area contributed by atoms with Gasteiger partial charge in [0.2, 0.25) is 0 Å². The second kappa shape index (κ2) is 27.5. The number of carbonyl (C=O) groups is 1. The summed E-state index contributed by atoms with van der Waals surface area (Å²) in [6.07, 6.45) is 8.59. The Morgan fingerprint density at radius 3 is 1.74 bits per heavy atom. The van der Waals surface area contributed by atoms with Crippen molar-refractivity contribution in [2.75, 3.05) is 32.9 Å². The molecule has 0 aliphatic heterocycles. The highest BCUT2D eigenvalue weighted by molar-refractivity contribution is 5.76. The van der Waals surface area contributed by atoms with E-state index in [0.29, 0.717) is 32.8 Å². The lowest BCUT2D eigenvalue weighted by atomic mass is 9.73. The summed E-state index contributed by atoms with van der Waals surface area (Å²) in [7, 11) is 0. The van der Waals surface area contributed by atoms with Crippen LogP contribution in [0.2, 0.25) is 0 Å². The maximum atomic E-state index is 13.2. The van der Waals surface area contributed by atoms with Crippen LogP contribution in [-0.2, 0) is 46.6 Å². The van der Waals surface area contributed by atoms with Gasteiger partial charge >= 0.3 is 5.97 Å². The Hall–Kier alpha value is -5.15. The SMILES string of the molecule is CCOCC(Cc1ccc(OCCCCC(C)(C)C(C)(C)Oc2ccc(CCCNC(Cc3ccccc3)C(=O)OCc3ccccc3)cc2)cc1)NCCCc1ccc(OC(C)C)cc1. The number of benzene rings is 5. The van der Waals surface area contributed by atoms with E-state index >= 15 is 0 Å². The van der Waals surface area contributed by atoms with Crippen molar-refractivity contribution < 1.29 is 28.5 Å². The summed E-state index contributed by atoms with van der Waals surface area (Å²) in [5, 5.41) is 7.21. The third-order valence-corrected chi connectivity index (χ3v) is 12.5. The molecule has 0 spiro atoms. The lowest BCUT2D eigenvalue weighted by Crippen LogP contribution is -2.44. The quantitative estimate of drug-likeness (QED) is 0.0336. The molecule has 5 rings (SSSR count). The van der Waals surface area contributed by atoms with Gasteiger partial charge in [-0.05, 0) is 170 Å². The van der Waals surface area contributed by atoms with Gasteiger partial charge in [0.05, 0.1) is 19.3 Å². The number of unbranched alkanes of at least 4 members (excludes halogenated alkanes) is 1. The first kappa shape index (κ1) is 51.8. The van der Waals surface area contributed by atoms with Crippen LogP contribution in [0, 0.1) is 5.41 Å². The monoisotopic (exact) mass is 899 g/mol. The molecule has 66 heavy (non-hydrogen) atoms. The molecule has 0 bridgehead atoms. The number of ether oxygens (including phenoxy) is 5. The van der Waals surface area contributed by atoms with Crippen LogP contribution in [0.4, 0.5) is 0 Å². The second-order valence-electron chi connectivity index (χ2n) is 18.9. The summed E-state index contributed by atoms with van der Waals surface area (Å²) >= 11 is 0. The van der Waals surface area contributed by atoms with Gasteiger partial charge in [0.1, 0.15) is 35.5 Å². The highest BCUT2D eigenvalue weighted by Crippen LogP contribution is 2.39. The van der Waals surface area contributed by atoms with Crippen molar-refractivity contribution in [3.8, 4) is 17.2 Å². The highest BCUT2D eigenvalue weighted by atomic mass is 16.5. The number of aryl methyl sites for hydroxylation is 2. The van der Waals surface area contributed by atoms with Gasteiger partial charge in [-0.2, -0.15) is 0 Å². The van der Waals surface area contributed by atoms with E-state index in [4.69, 9.17) is 23.7 Å². The van der Waals surface area contributed by atoms with E-state index in [-0.39, 0.29) is 35.7 Å². The van der Waals surface area contributed by atoms with E-state index in [1.54, 1.807) is 0 Å². The largest absolute Gasteiger partial charge is 0.494 e. The van der Waals surface area contributed by atoms with Crippen molar-refractivity contribution in [3.63, 3.8) is 0 Å². The average Bonchev–Trinajstić information content (AvgIpc) is 3.31. The van der Waals surface area contributed by atoms with E-state index in [1.165, 1.54) is 16.7 Å². The number of rotatable bonds is 31. The maximum absolute atomic E-state index is 13.2. The first-order valence-electron chi connectivity index (χ1n) is 24.4. The number of carbonyl (C=O) groups excluding carboxylic acids is 1. The maximum Gasteiger partial charge on any atom is 0.323 e. The fourth-order valence-corrected chi connectivity index (χ4v) is 7.87. The molecule has 5 aromatic carbocycles. The number of hydrogen-bond donors (Lipinski definition) is 2. The molecule has 8 heteroatoms. The molecule has 8 nitrogen and oxygen atoms in total. The zero-order valence-corrected chi connectivity index (χ0v) is 41.0. The molecule has 5 aromatic rings. The fourth-order valence-electron chi connectivity index (χ4n) is 7.87. The summed E-state index contributed by atoms with van der Waals surface area (Å²) in [6, 6.07) is 45.3. The Labute approximate surface area is 397 Å². The Balaban J connectivity index is 0.979. The Morgan fingerprint density at radius 1 is 0.591 bits per heavy atom. The molecule has 0 aromatic heterocycles. The molecule has 2 atom stereocenters. The van der Waals surface area contributed by atoms with Crippen LogP contribution in [0.15, 0.2) is 133 Å². The van der Waals surface area contributed by atoms with E-state index in [9.17, 15) is 4.79 Å². The van der Waals surface area contributed by atoms with Gasteiger partial charge in [0, 0.05) is 18.1 Å². The third kappa shape index (κ3) is 18.6. The van der Waals surface area contributed by atoms with Crippen LogP contribution in [-0.4, -0.2) is 62.7 Å². The van der Waals surface area contributed by atoms with Crippen LogP contribution in [0.5, 0.6) is 17.2 Å². The van der Waals surface area contributed by atoms with Crippen molar-refractivity contribution in [2.24, 2.45) is 5.41 Å². The van der Waals surface area contributed by atoms with Crippen molar-refractivity contribution >= 4 is 5.97 Å². The number of esters is 1. The van der Waals surface area contributed by atoms with Crippen molar-refractivity contribution in [1.82, 2.24) is 10.6 Å². The van der Waals surface area contributed by atoms with E-state index < -0.39 is 6.04 Å². The zero-order chi connectivity index (χ0) is 47.0. The first-order chi connectivity index (χ1) is 31.9. The topological polar surface area (TPSA) is 87.3 Å². The van der Waals surface area contributed by atoms with Crippen molar-refractivity contribution in [3.05, 3.63) is 161 Å². The van der Waals surface area contributed by atoms with Crippen molar-refractivity contribution in [2.45, 2.75) is 137 Å². The molecular weight excluding hydrogens is 821 g/mol. The fraction of sp³-hybridized carbons (Fsp3) is 0.466. The third-order valence-electron chi connectivity index (χ3n) is 12.5. The normalized spacial score (nSPS) is 12.7. The summed E-state index contributed by atoms with van der Waals surface area (Å²) in [5.74, 6) is 2.48. The predicted molar refractivity (Wildman–Crippen MR) is 270 cm³/mol. The van der Waals surface area contributed by atoms with Gasteiger partial charge in [0.25, 0.3) is 0 Å². The summed E-state index contributed by atoms with van der Waals surface area (Å²) in [6.45, 7) is 19.1. The summed E-state index contributed by atoms with van der Waals surface area (Å²) in [4.78, 5) is 13.2. The summed E-state index contributed by atoms with van der Waals surface area (Å²) in [5.41, 5.74) is 5.49. The molecule has 0 radical (unpaired) electrons. The second-order valence-corrected chi connectivity index (χ2v) is 18.9. The Bertz CT molecular complexity index is 2070. The Kier molecular flexibility index (Phi) is 21.6. The highest BCUT2D eigenvalue weighted by Gasteiger charge is 2.38. The average molecular weight is 899 g/mol. The zero-order valence-electron chi connectivity index (χ0n) is 41.0. The minimum absolute atomic E-state index is 0.0577. The van der Waals surface area contributed by atoms with Crippen LogP contribution >= 0.6 is 0 Å². The lowest BCUT2D eigenvalue weighted by molar-refractivity contribution is -0.147. The molecule has 0 fully saturated rings. The van der Waals surface area contributed by atoms with Crippen LogP contribution < -0.4 is 24.8 Å². The standard InChI is InChI=1S/C58H78N2O6/c1-8-62-44-51(59-38-17-23-46-25-33-53(34-26-46)65-45(2)3)41-49-29-31-52(32-30-49)63-40-16-15-37-57(4,5)58(6,7)66-54-35-27-47(28-36-54)24-18-39-60-55(42-48-19-11-9-12-20-48)56(61)64-43-50-21-13-10-14-22-50/h9-14,19-22,25-36,45,51,55,59-60H,8,15-18,23-24,37-44H2,1-7H3. The van der Waals surface area contributed by atoms with Crippen LogP contribution in [0.1, 0.15) is 108 Å². The molecule has 0 amide bonds. The van der Waals surface area contributed by atoms with E-state index in [2.05, 4.69) is 137 Å². The van der Waals surface area contributed by atoms with Crippen LogP contribution in [0.3, 0.4) is 0 Å². The minimum Gasteiger partial charge on any atom is -0.494 e. The molecule has 0 aliphatic carbocycles. The van der Waals surface area contributed by atoms with Gasteiger partial charge in [-0.3, -0.25) is 4.79 Å². The molecule has 356 valence electrons. The van der Waals surface area contributed by atoms with E-state index in [1.807, 2.05) is 55.5 Å². The lowest BCUT2D eigenvalue weighted by Gasteiger charge is -2.42. The van der Waals surface area contributed by atoms with E-state index in [0.717, 1.165) is 86.3 Å². The van der Waals surface area contributed by atoms with Gasteiger partial charge in [-0.25, -0.2) is 0 Å².